The number of nitrogens with one attached hydrogen (secondary N) is 2. The van der Waals surface area contributed by atoms with Crippen LogP contribution in [0.4, 0.5) is 0 Å². The van der Waals surface area contributed by atoms with Gasteiger partial charge in [0, 0.05) is 32.1 Å². The number of unbranched alkanes of at least 4 members (excludes halogenated alkanes) is 3. The fourth-order valence-electron chi connectivity index (χ4n) is 1.40. The Labute approximate surface area is 126 Å². The van der Waals surface area contributed by atoms with Crippen molar-refractivity contribution in [1.82, 2.24) is 10.6 Å². The van der Waals surface area contributed by atoms with Crippen molar-refractivity contribution in [2.45, 2.75) is 32.1 Å². The maximum atomic E-state index is 10.1. The maximum absolute atomic E-state index is 10.1. The molecule has 17 heavy (non-hydrogen) atoms. The van der Waals surface area contributed by atoms with Crippen molar-refractivity contribution in [3.05, 3.63) is 0 Å². The van der Waals surface area contributed by atoms with Crippen LogP contribution in [0.3, 0.4) is 0 Å². The van der Waals surface area contributed by atoms with Gasteiger partial charge in [-0.3, -0.25) is 0 Å². The molecule has 0 bridgehead atoms. The van der Waals surface area contributed by atoms with Gasteiger partial charge >= 0.3 is 29.6 Å². The fraction of sp³-hybridized carbons (Fsp3) is 0.909. The first-order valence-corrected chi connectivity index (χ1v) is 6.08. The molecule has 0 radical (unpaired) electrons. The summed E-state index contributed by atoms with van der Waals surface area (Å²) in [6.07, 6.45) is 4.08. The number of hydrogen-bond donors (Lipinski definition) is 3. The van der Waals surface area contributed by atoms with E-state index in [1.807, 2.05) is 0 Å². The van der Waals surface area contributed by atoms with Crippen LogP contribution in [0.25, 0.3) is 0 Å². The van der Waals surface area contributed by atoms with E-state index in [1.165, 1.54) is 0 Å². The van der Waals surface area contributed by atoms with Crippen LogP contribution in [0.2, 0.25) is 0 Å². The molecular weight excluding hydrogens is 229 g/mol. The van der Waals surface area contributed by atoms with E-state index in [0.29, 0.717) is 6.54 Å². The Balaban J connectivity index is 0. The monoisotopic (exact) mass is 253 g/mol. The zero-order valence-electron chi connectivity index (χ0n) is 11.0. The van der Waals surface area contributed by atoms with Gasteiger partial charge in [0.25, 0.3) is 0 Å². The molecule has 5 nitrogen and oxygen atoms in total. The molecule has 0 unspecified atom stereocenters. The molecule has 0 aromatic heterocycles. The van der Waals surface area contributed by atoms with E-state index in [9.17, 15) is 9.90 Å². The van der Waals surface area contributed by atoms with Crippen molar-refractivity contribution < 1.29 is 39.5 Å². The van der Waals surface area contributed by atoms with Crippen molar-refractivity contribution in [3.8, 4) is 0 Å². The van der Waals surface area contributed by atoms with Crippen LogP contribution in [0.1, 0.15) is 32.1 Å². The first-order chi connectivity index (χ1) is 7.77. The molecule has 4 N–H and O–H groups in total. The van der Waals surface area contributed by atoms with Gasteiger partial charge in [0.05, 0.1) is 0 Å². The Kier molecular flexibility index (Phi) is 18.9. The van der Waals surface area contributed by atoms with Gasteiger partial charge in [-0.15, -0.1) is 0 Å². The molecule has 0 heterocycles. The number of carbonyl (C=O) groups is 1. The summed E-state index contributed by atoms with van der Waals surface area (Å²) in [5, 5.41) is 16.6. The average Bonchev–Trinajstić information content (AvgIpc) is 2.25. The summed E-state index contributed by atoms with van der Waals surface area (Å²) >= 11 is 0. The molecule has 0 aliphatic rings. The fourth-order valence-corrected chi connectivity index (χ4v) is 1.40. The van der Waals surface area contributed by atoms with Crippen LogP contribution in [0.15, 0.2) is 0 Å². The van der Waals surface area contributed by atoms with Crippen molar-refractivity contribution >= 4 is 5.97 Å². The van der Waals surface area contributed by atoms with Crippen molar-refractivity contribution in [2.24, 2.45) is 5.73 Å². The van der Waals surface area contributed by atoms with Crippen molar-refractivity contribution in [3.63, 3.8) is 0 Å². The first kappa shape index (κ1) is 19.7. The number of carboxylic acids is 1. The standard InChI is InChI=1S/C11H25N3O2.Na/c12-6-8-14-10-9-13-7-4-2-1-3-5-11(15)16;/h13-14H,1-10,12H2,(H,15,16);/q;+1/p-1. The normalized spacial score (nSPS) is 9.94. The minimum absolute atomic E-state index is 0. The number of carbonyl (C=O) groups excluding carboxylic acids is 1. The molecule has 0 rings (SSSR count). The summed E-state index contributed by atoms with van der Waals surface area (Å²) in [5.41, 5.74) is 5.33. The summed E-state index contributed by atoms with van der Waals surface area (Å²) in [6, 6.07) is 0. The molecule has 0 aromatic carbocycles. The maximum Gasteiger partial charge on any atom is 1.00 e. The molecular formula is C11H24N3NaO2. The van der Waals surface area contributed by atoms with E-state index in [1.54, 1.807) is 0 Å². The van der Waals surface area contributed by atoms with Crippen LogP contribution in [0.5, 0.6) is 0 Å². The zero-order chi connectivity index (χ0) is 12.1. The molecule has 96 valence electrons. The van der Waals surface area contributed by atoms with E-state index in [-0.39, 0.29) is 36.0 Å². The molecule has 0 atom stereocenters. The quantitative estimate of drug-likeness (QED) is 0.242. The summed E-state index contributed by atoms with van der Waals surface area (Å²) in [6.45, 7) is 4.44. The Morgan fingerprint density at radius 1 is 0.941 bits per heavy atom. The number of aliphatic carboxylic acids is 1. The SMILES string of the molecule is NCCNCCNCCCCCCC(=O)[O-].[Na+]. The van der Waals surface area contributed by atoms with Crippen LogP contribution >= 0.6 is 0 Å². The predicted molar refractivity (Wildman–Crippen MR) is 62.9 cm³/mol. The largest absolute Gasteiger partial charge is 1.00 e. The van der Waals surface area contributed by atoms with Crippen molar-refractivity contribution in [1.29, 1.82) is 0 Å². The van der Waals surface area contributed by atoms with Gasteiger partial charge in [-0.25, -0.2) is 0 Å². The van der Waals surface area contributed by atoms with E-state index < -0.39 is 5.97 Å². The molecule has 0 aliphatic carbocycles. The molecule has 6 heteroatoms. The van der Waals surface area contributed by atoms with Gasteiger partial charge in [0.2, 0.25) is 0 Å². The van der Waals surface area contributed by atoms with E-state index >= 15 is 0 Å². The van der Waals surface area contributed by atoms with Gasteiger partial charge in [-0.05, 0) is 25.8 Å². The number of rotatable bonds is 12. The summed E-state index contributed by atoms with van der Waals surface area (Å²) in [5.74, 6) is -0.941. The van der Waals surface area contributed by atoms with E-state index in [0.717, 1.165) is 51.9 Å². The second-order valence-electron chi connectivity index (χ2n) is 3.82. The third kappa shape index (κ3) is 18.9. The van der Waals surface area contributed by atoms with Crippen LogP contribution < -0.4 is 51.0 Å². The Morgan fingerprint density at radius 3 is 2.12 bits per heavy atom. The summed E-state index contributed by atoms with van der Waals surface area (Å²) in [4.78, 5) is 10.1. The van der Waals surface area contributed by atoms with Gasteiger partial charge in [0.15, 0.2) is 0 Å². The molecule has 0 saturated carbocycles. The van der Waals surface area contributed by atoms with E-state index in [2.05, 4.69) is 10.6 Å². The van der Waals surface area contributed by atoms with Crippen LogP contribution in [-0.2, 0) is 4.79 Å². The minimum Gasteiger partial charge on any atom is -0.550 e. The van der Waals surface area contributed by atoms with E-state index in [4.69, 9.17) is 5.73 Å². The average molecular weight is 253 g/mol. The molecule has 0 spiro atoms. The molecule has 0 aliphatic heterocycles. The van der Waals surface area contributed by atoms with Gasteiger partial charge in [0.1, 0.15) is 0 Å². The van der Waals surface area contributed by atoms with Gasteiger partial charge in [-0.1, -0.05) is 12.8 Å². The minimum atomic E-state index is -0.941. The zero-order valence-corrected chi connectivity index (χ0v) is 13.0. The predicted octanol–water partition coefficient (Wildman–Crippen LogP) is -4.17. The first-order valence-electron chi connectivity index (χ1n) is 6.08. The number of hydrogen-bond acceptors (Lipinski definition) is 5. The van der Waals surface area contributed by atoms with Crippen LogP contribution in [-0.4, -0.2) is 38.7 Å². The smallest absolute Gasteiger partial charge is 0.550 e. The Hall–Kier alpha value is 0.350. The molecule has 0 fully saturated rings. The van der Waals surface area contributed by atoms with Crippen molar-refractivity contribution in [2.75, 3.05) is 32.7 Å². The molecule has 0 amide bonds. The third-order valence-corrected chi connectivity index (χ3v) is 2.28. The Morgan fingerprint density at radius 2 is 1.53 bits per heavy atom. The molecule has 0 aromatic rings. The summed E-state index contributed by atoms with van der Waals surface area (Å²) < 4.78 is 0. The number of nitrogens with two attached hydrogens (primary N) is 1. The topological polar surface area (TPSA) is 90.2 Å². The van der Waals surface area contributed by atoms with Crippen LogP contribution in [0, 0.1) is 0 Å². The third-order valence-electron chi connectivity index (χ3n) is 2.28. The summed E-state index contributed by atoms with van der Waals surface area (Å²) in [7, 11) is 0. The number of carboxylic acid groups (broad SMARTS) is 1. The Bertz CT molecular complexity index is 171. The van der Waals surface area contributed by atoms with Gasteiger partial charge in [-0.2, -0.15) is 0 Å². The van der Waals surface area contributed by atoms with Gasteiger partial charge < -0.3 is 26.3 Å². The molecule has 0 saturated heterocycles. The second kappa shape index (κ2) is 16.4. The second-order valence-corrected chi connectivity index (χ2v) is 3.82.